The molecule has 0 radical (unpaired) electrons. The maximum atomic E-state index is 11.9. The van der Waals surface area contributed by atoms with Crippen LogP contribution in [0.25, 0.3) is 0 Å². The predicted molar refractivity (Wildman–Crippen MR) is 97.2 cm³/mol. The molecule has 0 saturated carbocycles. The molecule has 0 unspecified atom stereocenters. The SMILES string of the molecule is O=C(COC(=O)c1ccc([N+](=O)[O-])o1)Nc1ccc(Oc2ccccc2)cc1. The molecule has 0 atom stereocenters. The fraction of sp³-hybridized carbons (Fsp3) is 0.0526. The van der Waals surface area contributed by atoms with Gasteiger partial charge in [0.25, 0.3) is 5.91 Å². The predicted octanol–water partition coefficient (Wildman–Crippen LogP) is 3.78. The van der Waals surface area contributed by atoms with Crippen LogP contribution in [0.5, 0.6) is 11.5 Å². The van der Waals surface area contributed by atoms with E-state index >= 15 is 0 Å². The van der Waals surface area contributed by atoms with Crippen LogP contribution in [0.2, 0.25) is 0 Å². The van der Waals surface area contributed by atoms with Crippen molar-refractivity contribution in [3.63, 3.8) is 0 Å². The number of nitrogens with zero attached hydrogens (tertiary/aromatic N) is 1. The molecule has 142 valence electrons. The Morgan fingerprint density at radius 1 is 0.964 bits per heavy atom. The van der Waals surface area contributed by atoms with Crippen molar-refractivity contribution < 1.29 is 28.4 Å². The number of nitrogens with one attached hydrogen (secondary N) is 1. The minimum atomic E-state index is -0.977. The monoisotopic (exact) mass is 382 g/mol. The fourth-order valence-electron chi connectivity index (χ4n) is 2.17. The van der Waals surface area contributed by atoms with E-state index in [1.165, 1.54) is 0 Å². The summed E-state index contributed by atoms with van der Waals surface area (Å²) in [6.45, 7) is -0.574. The van der Waals surface area contributed by atoms with Gasteiger partial charge in [-0.1, -0.05) is 18.2 Å². The number of benzene rings is 2. The number of hydrogen-bond donors (Lipinski definition) is 1. The number of nitro groups is 1. The molecular weight excluding hydrogens is 368 g/mol. The average Bonchev–Trinajstić information content (AvgIpc) is 3.19. The van der Waals surface area contributed by atoms with Gasteiger partial charge in [0.2, 0.25) is 5.76 Å². The number of esters is 1. The molecule has 3 rings (SSSR count). The van der Waals surface area contributed by atoms with Crippen molar-refractivity contribution in [1.82, 2.24) is 0 Å². The molecule has 28 heavy (non-hydrogen) atoms. The van der Waals surface area contributed by atoms with Gasteiger partial charge >= 0.3 is 11.9 Å². The average molecular weight is 382 g/mol. The van der Waals surface area contributed by atoms with E-state index in [1.54, 1.807) is 24.3 Å². The first-order valence-corrected chi connectivity index (χ1v) is 8.05. The summed E-state index contributed by atoms with van der Waals surface area (Å²) in [7, 11) is 0. The van der Waals surface area contributed by atoms with Gasteiger partial charge in [0.05, 0.1) is 6.07 Å². The van der Waals surface area contributed by atoms with Crippen LogP contribution in [0.1, 0.15) is 10.6 Å². The lowest BCUT2D eigenvalue weighted by Gasteiger charge is -2.08. The van der Waals surface area contributed by atoms with Gasteiger partial charge in [0.15, 0.2) is 6.61 Å². The number of para-hydroxylation sites is 1. The number of rotatable bonds is 7. The molecule has 1 aromatic heterocycles. The van der Waals surface area contributed by atoms with E-state index in [1.807, 2.05) is 30.3 Å². The maximum absolute atomic E-state index is 11.9. The third-order valence-corrected chi connectivity index (χ3v) is 3.42. The molecule has 1 N–H and O–H groups in total. The second kappa shape index (κ2) is 8.49. The molecule has 0 aliphatic heterocycles. The molecule has 3 aromatic rings. The first-order valence-electron chi connectivity index (χ1n) is 8.05. The maximum Gasteiger partial charge on any atom is 0.433 e. The zero-order chi connectivity index (χ0) is 19.9. The van der Waals surface area contributed by atoms with Crippen molar-refractivity contribution in [2.24, 2.45) is 0 Å². The molecular formula is C19H14N2O7. The highest BCUT2D eigenvalue weighted by molar-refractivity contribution is 5.94. The quantitative estimate of drug-likeness (QED) is 0.375. The first kappa shape index (κ1) is 18.6. The molecule has 0 aliphatic rings. The van der Waals surface area contributed by atoms with Crippen LogP contribution < -0.4 is 10.1 Å². The van der Waals surface area contributed by atoms with Crippen LogP contribution in [0.3, 0.4) is 0 Å². The summed E-state index contributed by atoms with van der Waals surface area (Å²) in [6, 6.07) is 18.0. The lowest BCUT2D eigenvalue weighted by molar-refractivity contribution is -0.402. The molecule has 0 spiro atoms. The number of carbonyl (C=O) groups excluding carboxylic acids is 2. The summed E-state index contributed by atoms with van der Waals surface area (Å²) >= 11 is 0. The Morgan fingerprint density at radius 3 is 2.29 bits per heavy atom. The largest absolute Gasteiger partial charge is 0.457 e. The van der Waals surface area contributed by atoms with Crippen LogP contribution in [0.4, 0.5) is 11.6 Å². The van der Waals surface area contributed by atoms with Crippen molar-refractivity contribution in [3.8, 4) is 11.5 Å². The topological polar surface area (TPSA) is 121 Å². The summed E-state index contributed by atoms with van der Waals surface area (Å²) in [4.78, 5) is 33.3. The van der Waals surface area contributed by atoms with E-state index in [4.69, 9.17) is 13.9 Å². The molecule has 0 aliphatic carbocycles. The second-order valence-electron chi connectivity index (χ2n) is 5.46. The van der Waals surface area contributed by atoms with E-state index in [0.29, 0.717) is 17.2 Å². The lowest BCUT2D eigenvalue weighted by Crippen LogP contribution is -2.20. The summed E-state index contributed by atoms with van der Waals surface area (Å²) in [5.74, 6) is -1.23. The molecule has 0 fully saturated rings. The van der Waals surface area contributed by atoms with Crippen molar-refractivity contribution in [2.75, 3.05) is 11.9 Å². The van der Waals surface area contributed by atoms with Crippen LogP contribution in [-0.4, -0.2) is 23.4 Å². The van der Waals surface area contributed by atoms with Crippen LogP contribution >= 0.6 is 0 Å². The number of hydrogen-bond acceptors (Lipinski definition) is 7. The highest BCUT2D eigenvalue weighted by atomic mass is 16.7. The number of ether oxygens (including phenoxy) is 2. The van der Waals surface area contributed by atoms with Gasteiger partial charge in [-0.2, -0.15) is 0 Å². The Labute approximate surface area is 158 Å². The van der Waals surface area contributed by atoms with Crippen molar-refractivity contribution in [3.05, 3.63) is 82.6 Å². The van der Waals surface area contributed by atoms with Gasteiger partial charge in [-0.05, 0) is 42.5 Å². The Balaban J connectivity index is 1.49. The van der Waals surface area contributed by atoms with E-state index in [9.17, 15) is 19.7 Å². The minimum Gasteiger partial charge on any atom is -0.457 e. The number of anilines is 1. The van der Waals surface area contributed by atoms with Gasteiger partial charge in [0, 0.05) is 5.69 Å². The van der Waals surface area contributed by atoms with Crippen molar-refractivity contribution in [1.29, 1.82) is 0 Å². The van der Waals surface area contributed by atoms with Crippen molar-refractivity contribution in [2.45, 2.75) is 0 Å². The number of furan rings is 1. The standard InChI is InChI=1S/C19H14N2O7/c22-17(12-26-19(23)16-10-11-18(28-16)21(24)25)20-13-6-8-15(9-7-13)27-14-4-2-1-3-5-14/h1-11H,12H2,(H,20,22). The van der Waals surface area contributed by atoms with E-state index in [0.717, 1.165) is 12.1 Å². The summed E-state index contributed by atoms with van der Waals surface area (Å²) in [5.41, 5.74) is 0.482. The molecule has 1 heterocycles. The van der Waals surface area contributed by atoms with E-state index in [-0.39, 0.29) is 5.76 Å². The second-order valence-corrected chi connectivity index (χ2v) is 5.46. The van der Waals surface area contributed by atoms with Gasteiger partial charge in [0.1, 0.15) is 16.4 Å². The molecule has 0 saturated heterocycles. The molecule has 0 bridgehead atoms. The Hall–Kier alpha value is -4.14. The third kappa shape index (κ3) is 4.94. The highest BCUT2D eigenvalue weighted by Crippen LogP contribution is 2.22. The lowest BCUT2D eigenvalue weighted by atomic mass is 10.3. The van der Waals surface area contributed by atoms with Gasteiger partial charge in [-0.25, -0.2) is 4.79 Å². The van der Waals surface area contributed by atoms with Crippen LogP contribution in [0.15, 0.2) is 71.1 Å². The first-order chi connectivity index (χ1) is 13.5. The summed E-state index contributed by atoms with van der Waals surface area (Å²) < 4.78 is 15.1. The molecule has 9 nitrogen and oxygen atoms in total. The third-order valence-electron chi connectivity index (χ3n) is 3.42. The van der Waals surface area contributed by atoms with Crippen LogP contribution in [-0.2, 0) is 9.53 Å². The van der Waals surface area contributed by atoms with Gasteiger partial charge < -0.3 is 19.2 Å². The fourth-order valence-corrected chi connectivity index (χ4v) is 2.17. The van der Waals surface area contributed by atoms with E-state index < -0.39 is 29.3 Å². The van der Waals surface area contributed by atoms with Crippen molar-refractivity contribution >= 4 is 23.4 Å². The van der Waals surface area contributed by atoms with Crippen LogP contribution in [0, 0.1) is 10.1 Å². The smallest absolute Gasteiger partial charge is 0.433 e. The zero-order valence-electron chi connectivity index (χ0n) is 14.4. The molecule has 1 amide bonds. The number of carbonyl (C=O) groups is 2. The normalized spacial score (nSPS) is 10.1. The summed E-state index contributed by atoms with van der Waals surface area (Å²) in [5, 5.41) is 13.1. The number of amides is 1. The summed E-state index contributed by atoms with van der Waals surface area (Å²) in [6.07, 6.45) is 0. The van der Waals surface area contributed by atoms with Gasteiger partial charge in [-0.3, -0.25) is 14.9 Å². The Kier molecular flexibility index (Phi) is 5.66. The molecule has 9 heteroatoms. The minimum absolute atomic E-state index is 0.359. The highest BCUT2D eigenvalue weighted by Gasteiger charge is 2.19. The Morgan fingerprint density at radius 2 is 1.64 bits per heavy atom. The Bertz CT molecular complexity index is 981. The van der Waals surface area contributed by atoms with Gasteiger partial charge in [-0.15, -0.1) is 0 Å². The van der Waals surface area contributed by atoms with E-state index in [2.05, 4.69) is 5.32 Å². The zero-order valence-corrected chi connectivity index (χ0v) is 14.4. The molecule has 2 aromatic carbocycles.